The molecule has 1 saturated heterocycles. The van der Waals surface area contributed by atoms with E-state index < -0.39 is 4.92 Å². The Labute approximate surface area is 157 Å². The number of hydrogen-bond acceptors (Lipinski definition) is 6. The van der Waals surface area contributed by atoms with Gasteiger partial charge < -0.3 is 0 Å². The predicted molar refractivity (Wildman–Crippen MR) is 103 cm³/mol. The van der Waals surface area contributed by atoms with Crippen molar-refractivity contribution < 1.29 is 9.72 Å². The molecule has 1 fully saturated rings. The van der Waals surface area contributed by atoms with Crippen molar-refractivity contribution in [3.63, 3.8) is 0 Å². The maximum Gasteiger partial charge on any atom is 0.288 e. The third-order valence-corrected chi connectivity index (χ3v) is 4.49. The highest BCUT2D eigenvalue weighted by Gasteiger charge is 2.24. The Bertz CT molecular complexity index is 958. The Hall–Kier alpha value is -2.97. The molecule has 0 spiro atoms. The minimum absolute atomic E-state index is 0.0400. The third kappa shape index (κ3) is 4.35. The Kier molecular flexibility index (Phi) is 5.45. The average molecular weight is 387 g/mol. The summed E-state index contributed by atoms with van der Waals surface area (Å²) in [5.41, 5.74) is 1.16. The van der Waals surface area contributed by atoms with Gasteiger partial charge in [0.05, 0.1) is 16.0 Å². The Balaban J connectivity index is 1.76. The minimum Gasteiger partial charge on any atom is -0.299 e. The molecule has 2 aromatic carbocycles. The number of nitro benzene ring substituents is 1. The Morgan fingerprint density at radius 1 is 1.15 bits per heavy atom. The second-order valence-corrected chi connectivity index (χ2v) is 6.53. The molecule has 0 saturated carbocycles. The first-order chi connectivity index (χ1) is 12.5. The van der Waals surface area contributed by atoms with Gasteiger partial charge in [-0.3, -0.25) is 20.2 Å². The number of nitrogens with zero attached hydrogens (tertiary/aromatic N) is 3. The Morgan fingerprint density at radius 2 is 1.92 bits per heavy atom. The number of carbonyl (C=O) groups excluding carboxylic acids is 1. The quantitative estimate of drug-likeness (QED) is 0.373. The highest BCUT2D eigenvalue weighted by Crippen LogP contribution is 2.29. The molecule has 0 aromatic heterocycles. The normalized spacial score (nSPS) is 17.2. The molecular formula is C17H11ClN4O3S. The molecule has 1 aliphatic heterocycles. The number of carbonyl (C=O) groups is 1. The van der Waals surface area contributed by atoms with Gasteiger partial charge in [-0.05, 0) is 35.0 Å². The van der Waals surface area contributed by atoms with E-state index in [4.69, 9.17) is 11.6 Å². The van der Waals surface area contributed by atoms with E-state index in [2.05, 4.69) is 15.5 Å². The van der Waals surface area contributed by atoms with Crippen LogP contribution in [0.2, 0.25) is 5.02 Å². The van der Waals surface area contributed by atoms with Crippen LogP contribution in [0.5, 0.6) is 0 Å². The van der Waals surface area contributed by atoms with Crippen molar-refractivity contribution in [3.05, 3.63) is 79.7 Å². The van der Waals surface area contributed by atoms with E-state index in [0.717, 1.165) is 17.3 Å². The predicted octanol–water partition coefficient (Wildman–Crippen LogP) is 3.84. The van der Waals surface area contributed by atoms with Crippen LogP contribution in [0.25, 0.3) is 6.08 Å². The van der Waals surface area contributed by atoms with Gasteiger partial charge in [-0.15, -0.1) is 5.10 Å². The van der Waals surface area contributed by atoms with Crippen molar-refractivity contribution in [3.8, 4) is 0 Å². The standard InChI is InChI=1S/C17H11ClN4O3S/c18-13-7-6-12(8-14(13)22(24)25)9-15-16(23)20-17(26-15)21-19-10-11-4-2-1-3-5-11/h1-10H,(H,20,21,23)/b15-9+,19-10+. The van der Waals surface area contributed by atoms with Gasteiger partial charge in [0.25, 0.3) is 11.6 Å². The summed E-state index contributed by atoms with van der Waals surface area (Å²) >= 11 is 6.89. The minimum atomic E-state index is -0.572. The van der Waals surface area contributed by atoms with Gasteiger partial charge in [-0.25, -0.2) is 0 Å². The second kappa shape index (κ2) is 7.94. The lowest BCUT2D eigenvalue weighted by Gasteiger charge is -1.98. The van der Waals surface area contributed by atoms with Crippen molar-refractivity contribution in [2.24, 2.45) is 10.2 Å². The molecule has 7 nitrogen and oxygen atoms in total. The summed E-state index contributed by atoms with van der Waals surface area (Å²) in [4.78, 5) is 22.7. The molecule has 1 heterocycles. The van der Waals surface area contributed by atoms with E-state index in [1.165, 1.54) is 18.2 Å². The van der Waals surface area contributed by atoms with E-state index in [1.54, 1.807) is 12.3 Å². The van der Waals surface area contributed by atoms with E-state index in [0.29, 0.717) is 15.6 Å². The summed E-state index contributed by atoms with van der Waals surface area (Å²) < 4.78 is 0. The van der Waals surface area contributed by atoms with Gasteiger partial charge >= 0.3 is 0 Å². The zero-order valence-electron chi connectivity index (χ0n) is 13.1. The average Bonchev–Trinajstić information content (AvgIpc) is 2.97. The molecule has 0 radical (unpaired) electrons. The number of nitro groups is 1. The van der Waals surface area contributed by atoms with Crippen molar-refractivity contribution >= 4 is 52.4 Å². The van der Waals surface area contributed by atoms with Crippen LogP contribution in [0.4, 0.5) is 5.69 Å². The van der Waals surface area contributed by atoms with Gasteiger partial charge in [0.15, 0.2) is 5.17 Å². The maximum absolute atomic E-state index is 12.0. The van der Waals surface area contributed by atoms with Crippen LogP contribution in [0.15, 0.2) is 63.6 Å². The van der Waals surface area contributed by atoms with Crippen LogP contribution in [0.1, 0.15) is 11.1 Å². The molecular weight excluding hydrogens is 376 g/mol. The van der Waals surface area contributed by atoms with Crippen molar-refractivity contribution in [1.29, 1.82) is 0 Å². The molecule has 1 aliphatic rings. The second-order valence-electron chi connectivity index (χ2n) is 5.09. The lowest BCUT2D eigenvalue weighted by molar-refractivity contribution is -0.384. The van der Waals surface area contributed by atoms with Gasteiger partial charge in [0.1, 0.15) is 5.02 Å². The smallest absolute Gasteiger partial charge is 0.288 e. The monoisotopic (exact) mass is 386 g/mol. The molecule has 0 atom stereocenters. The van der Waals surface area contributed by atoms with Gasteiger partial charge in [0, 0.05) is 6.07 Å². The lowest BCUT2D eigenvalue weighted by atomic mass is 10.2. The fourth-order valence-electron chi connectivity index (χ4n) is 2.07. The van der Waals surface area contributed by atoms with Gasteiger partial charge in [-0.2, -0.15) is 5.10 Å². The summed E-state index contributed by atoms with van der Waals surface area (Å²) in [6, 6.07) is 13.7. The van der Waals surface area contributed by atoms with Gasteiger partial charge in [0.2, 0.25) is 0 Å². The fraction of sp³-hybridized carbons (Fsp3) is 0. The first kappa shape index (κ1) is 17.8. The van der Waals surface area contributed by atoms with Crippen LogP contribution in [0.3, 0.4) is 0 Å². The topological polar surface area (TPSA) is 97.0 Å². The van der Waals surface area contributed by atoms with Crippen LogP contribution < -0.4 is 5.32 Å². The lowest BCUT2D eigenvalue weighted by Crippen LogP contribution is -2.19. The summed E-state index contributed by atoms with van der Waals surface area (Å²) in [5.74, 6) is -0.346. The number of nitrogens with one attached hydrogen (secondary N) is 1. The van der Waals surface area contributed by atoms with Crippen LogP contribution in [-0.4, -0.2) is 22.2 Å². The third-order valence-electron chi connectivity index (χ3n) is 3.27. The number of benzene rings is 2. The number of amidine groups is 1. The number of hydrogen-bond donors (Lipinski definition) is 1. The fourth-order valence-corrected chi connectivity index (χ4v) is 3.04. The van der Waals surface area contributed by atoms with Crippen LogP contribution >= 0.6 is 23.4 Å². The molecule has 1 N–H and O–H groups in total. The summed E-state index contributed by atoms with van der Waals surface area (Å²) in [6.45, 7) is 0. The number of amides is 1. The zero-order chi connectivity index (χ0) is 18.5. The molecule has 0 aliphatic carbocycles. The largest absolute Gasteiger partial charge is 0.299 e. The van der Waals surface area contributed by atoms with Crippen molar-refractivity contribution in [1.82, 2.24) is 5.32 Å². The van der Waals surface area contributed by atoms with Crippen molar-refractivity contribution in [2.45, 2.75) is 0 Å². The van der Waals surface area contributed by atoms with E-state index in [1.807, 2.05) is 30.3 Å². The summed E-state index contributed by atoms with van der Waals surface area (Å²) in [5, 5.41) is 21.8. The molecule has 2 aromatic rings. The van der Waals surface area contributed by atoms with E-state index in [-0.39, 0.29) is 16.6 Å². The molecule has 26 heavy (non-hydrogen) atoms. The summed E-state index contributed by atoms with van der Waals surface area (Å²) in [7, 11) is 0. The molecule has 130 valence electrons. The molecule has 3 rings (SSSR count). The number of thioether (sulfide) groups is 1. The van der Waals surface area contributed by atoms with Gasteiger partial charge in [-0.1, -0.05) is 48.0 Å². The molecule has 0 unspecified atom stereocenters. The first-order valence-electron chi connectivity index (χ1n) is 7.34. The van der Waals surface area contributed by atoms with E-state index >= 15 is 0 Å². The van der Waals surface area contributed by atoms with Crippen LogP contribution in [-0.2, 0) is 4.79 Å². The maximum atomic E-state index is 12.0. The molecule has 9 heteroatoms. The SMILES string of the molecule is O=C1N/C(=N\N=C\c2ccccc2)S/C1=C/c1ccc(Cl)c([N+](=O)[O-])c1. The zero-order valence-corrected chi connectivity index (χ0v) is 14.7. The highest BCUT2D eigenvalue weighted by molar-refractivity contribution is 8.18. The number of rotatable bonds is 4. The Morgan fingerprint density at radius 3 is 2.65 bits per heavy atom. The van der Waals surface area contributed by atoms with Crippen molar-refractivity contribution in [2.75, 3.05) is 0 Å². The van der Waals surface area contributed by atoms with Crippen LogP contribution in [0, 0.1) is 10.1 Å². The van der Waals surface area contributed by atoms with E-state index in [9.17, 15) is 14.9 Å². The number of halogens is 1. The molecule has 1 amide bonds. The summed E-state index contributed by atoms with van der Waals surface area (Å²) in [6.07, 6.45) is 3.11. The first-order valence-corrected chi connectivity index (χ1v) is 8.53. The molecule has 0 bridgehead atoms. The highest BCUT2D eigenvalue weighted by atomic mass is 35.5.